The monoisotopic (exact) mass is 559 g/mol. The van der Waals surface area contributed by atoms with Gasteiger partial charge in [0.1, 0.15) is 22.8 Å². The molecular formula is C34H45N3O4. The van der Waals surface area contributed by atoms with Crippen molar-refractivity contribution in [3.8, 4) is 17.2 Å². The van der Waals surface area contributed by atoms with E-state index in [1.165, 1.54) is 28.1 Å². The average Bonchev–Trinajstić information content (AvgIpc) is 3.25. The Morgan fingerprint density at radius 2 is 1.39 bits per heavy atom. The number of nitrogens with zero attached hydrogens (tertiary/aromatic N) is 3. The van der Waals surface area contributed by atoms with Crippen LogP contribution in [0.25, 0.3) is 0 Å². The smallest absolute Gasteiger partial charge is 0.125 e. The van der Waals surface area contributed by atoms with Crippen molar-refractivity contribution in [2.24, 2.45) is 0 Å². The molecule has 2 aliphatic rings. The van der Waals surface area contributed by atoms with Crippen molar-refractivity contribution >= 4 is 11.4 Å². The lowest BCUT2D eigenvalue weighted by atomic mass is 9.99. The zero-order valence-electron chi connectivity index (χ0n) is 25.4. The van der Waals surface area contributed by atoms with Gasteiger partial charge in [-0.3, -0.25) is 4.90 Å². The minimum Gasteiger partial charge on any atom is -0.497 e. The van der Waals surface area contributed by atoms with Crippen molar-refractivity contribution in [3.63, 3.8) is 0 Å². The molecule has 1 N–H and O–H groups in total. The maximum Gasteiger partial charge on any atom is 0.125 e. The molecule has 0 aromatic heterocycles. The van der Waals surface area contributed by atoms with Gasteiger partial charge >= 0.3 is 0 Å². The van der Waals surface area contributed by atoms with Crippen molar-refractivity contribution in [2.45, 2.75) is 58.4 Å². The summed E-state index contributed by atoms with van der Waals surface area (Å²) in [6.45, 7) is 13.9. The lowest BCUT2D eigenvalue weighted by Crippen LogP contribution is -2.50. The van der Waals surface area contributed by atoms with Crippen LogP contribution in [0.5, 0.6) is 17.2 Å². The quantitative estimate of drug-likeness (QED) is 0.351. The Labute approximate surface area is 245 Å². The van der Waals surface area contributed by atoms with Gasteiger partial charge in [-0.15, -0.1) is 0 Å². The Morgan fingerprint density at radius 3 is 1.88 bits per heavy atom. The zero-order chi connectivity index (χ0) is 29.2. The van der Waals surface area contributed by atoms with E-state index >= 15 is 0 Å². The topological polar surface area (TPSA) is 57.6 Å². The van der Waals surface area contributed by atoms with E-state index in [-0.39, 0.29) is 5.60 Å². The molecule has 2 heterocycles. The van der Waals surface area contributed by atoms with E-state index in [1.54, 1.807) is 14.2 Å². The molecule has 0 saturated carbocycles. The van der Waals surface area contributed by atoms with E-state index in [1.807, 2.05) is 38.1 Å². The van der Waals surface area contributed by atoms with E-state index in [0.29, 0.717) is 6.54 Å². The second kappa shape index (κ2) is 11.8. The van der Waals surface area contributed by atoms with E-state index in [4.69, 9.17) is 14.2 Å². The van der Waals surface area contributed by atoms with Crippen LogP contribution in [-0.4, -0.2) is 68.2 Å². The second-order valence-corrected chi connectivity index (χ2v) is 12.6. The van der Waals surface area contributed by atoms with Gasteiger partial charge in [0.25, 0.3) is 0 Å². The molecule has 3 aromatic carbocycles. The fourth-order valence-electron chi connectivity index (χ4n) is 5.96. The Morgan fingerprint density at radius 1 is 0.854 bits per heavy atom. The van der Waals surface area contributed by atoms with Gasteiger partial charge in [-0.05, 0) is 69.2 Å². The van der Waals surface area contributed by atoms with Crippen molar-refractivity contribution in [2.75, 3.05) is 56.7 Å². The molecular weight excluding hydrogens is 514 g/mol. The summed E-state index contributed by atoms with van der Waals surface area (Å²) in [5, 5.41) is 10.4. The highest BCUT2D eigenvalue weighted by atomic mass is 16.5. The van der Waals surface area contributed by atoms with Crippen molar-refractivity contribution in [1.82, 2.24) is 4.90 Å². The van der Waals surface area contributed by atoms with Crippen LogP contribution < -0.4 is 24.0 Å². The second-order valence-electron chi connectivity index (χ2n) is 12.6. The maximum absolute atomic E-state index is 10.4. The van der Waals surface area contributed by atoms with Crippen molar-refractivity contribution in [3.05, 3.63) is 77.4 Å². The maximum atomic E-state index is 10.4. The molecule has 7 heteroatoms. The first-order valence-electron chi connectivity index (χ1n) is 14.6. The number of rotatable bonds is 10. The van der Waals surface area contributed by atoms with E-state index in [9.17, 15) is 5.11 Å². The third-order valence-corrected chi connectivity index (χ3v) is 7.89. The Bertz CT molecular complexity index is 1260. The molecule has 0 bridgehead atoms. The van der Waals surface area contributed by atoms with Crippen LogP contribution in [0.3, 0.4) is 0 Å². The van der Waals surface area contributed by atoms with Gasteiger partial charge < -0.3 is 29.1 Å². The van der Waals surface area contributed by atoms with E-state index < -0.39 is 5.60 Å². The third kappa shape index (κ3) is 7.27. The minimum absolute atomic E-state index is 0.222. The van der Waals surface area contributed by atoms with Gasteiger partial charge in [0.2, 0.25) is 0 Å². The highest BCUT2D eigenvalue weighted by molar-refractivity contribution is 5.76. The summed E-state index contributed by atoms with van der Waals surface area (Å²) >= 11 is 0. The third-order valence-electron chi connectivity index (χ3n) is 7.89. The number of methoxy groups -OCH3 is 2. The molecule has 0 amide bonds. The van der Waals surface area contributed by atoms with Gasteiger partial charge in [-0.1, -0.05) is 24.3 Å². The van der Waals surface area contributed by atoms with Crippen LogP contribution in [0, 0.1) is 0 Å². The van der Waals surface area contributed by atoms with E-state index in [0.717, 1.165) is 62.9 Å². The molecule has 0 unspecified atom stereocenters. The number of anilines is 2. The van der Waals surface area contributed by atoms with Crippen molar-refractivity contribution < 1.29 is 19.3 Å². The largest absolute Gasteiger partial charge is 0.497 e. The molecule has 0 radical (unpaired) electrons. The van der Waals surface area contributed by atoms with Gasteiger partial charge in [-0.2, -0.15) is 0 Å². The molecule has 7 nitrogen and oxygen atoms in total. The normalized spacial score (nSPS) is 16.7. The molecule has 0 atom stereocenters. The van der Waals surface area contributed by atoms with Crippen LogP contribution in [0.15, 0.2) is 60.7 Å². The predicted octanol–water partition coefficient (Wildman–Crippen LogP) is 5.52. The van der Waals surface area contributed by atoms with Crippen LogP contribution >= 0.6 is 0 Å². The number of aliphatic hydroxyl groups is 1. The summed E-state index contributed by atoms with van der Waals surface area (Å²) in [5.74, 6) is 2.70. The van der Waals surface area contributed by atoms with Gasteiger partial charge in [0, 0.05) is 63.9 Å². The first kappa shape index (κ1) is 29.1. The Hall–Kier alpha value is -3.42. The van der Waals surface area contributed by atoms with Crippen LogP contribution in [-0.2, 0) is 19.5 Å². The van der Waals surface area contributed by atoms with Crippen LogP contribution in [0.2, 0.25) is 0 Å². The van der Waals surface area contributed by atoms with Crippen LogP contribution in [0.4, 0.5) is 11.4 Å². The minimum atomic E-state index is -0.701. The Kier molecular flexibility index (Phi) is 8.39. The predicted molar refractivity (Wildman–Crippen MR) is 166 cm³/mol. The molecule has 1 saturated heterocycles. The first-order chi connectivity index (χ1) is 19.5. The lowest BCUT2D eigenvalue weighted by molar-refractivity contribution is 0.0345. The summed E-state index contributed by atoms with van der Waals surface area (Å²) in [6, 6.07) is 21.3. The number of hydrogen-bond donors (Lipinski definition) is 1. The Balaban J connectivity index is 1.51. The highest BCUT2D eigenvalue weighted by Crippen LogP contribution is 2.44. The number of hydrogen-bond acceptors (Lipinski definition) is 7. The number of β-amino-alcohol motifs (C(OH)–C–C–N with tert-alkyl or cyclic N) is 1. The molecule has 2 aliphatic heterocycles. The molecule has 0 aliphatic carbocycles. The highest BCUT2D eigenvalue weighted by Gasteiger charge is 2.33. The summed E-state index contributed by atoms with van der Waals surface area (Å²) in [5.41, 5.74) is 5.19. The van der Waals surface area contributed by atoms with Crippen molar-refractivity contribution in [1.29, 1.82) is 0 Å². The summed E-state index contributed by atoms with van der Waals surface area (Å²) in [7, 11) is 3.40. The molecule has 1 fully saturated rings. The molecule has 0 spiro atoms. The SMILES string of the molecule is COc1ccc(CN(Cc2ccc(OC)cc2)c2cc3c(cc2N2CCN(CC(C)(C)O)CC2)OC(C)(C)C3)cc1. The average molecular weight is 560 g/mol. The lowest BCUT2D eigenvalue weighted by Gasteiger charge is -2.40. The number of fused-ring (bicyclic) bond motifs is 1. The van der Waals surface area contributed by atoms with Gasteiger partial charge in [-0.25, -0.2) is 0 Å². The summed E-state index contributed by atoms with van der Waals surface area (Å²) in [6.07, 6.45) is 0.883. The fraction of sp³-hybridized carbons (Fsp3) is 0.471. The number of benzene rings is 3. The van der Waals surface area contributed by atoms with Crippen LogP contribution in [0.1, 0.15) is 44.4 Å². The summed E-state index contributed by atoms with van der Waals surface area (Å²) < 4.78 is 17.3. The number of ether oxygens (including phenoxy) is 3. The zero-order valence-corrected chi connectivity index (χ0v) is 25.4. The fourth-order valence-corrected chi connectivity index (χ4v) is 5.96. The molecule has 3 aromatic rings. The number of piperazine rings is 1. The molecule has 220 valence electrons. The molecule has 5 rings (SSSR count). The first-order valence-corrected chi connectivity index (χ1v) is 14.6. The van der Waals surface area contributed by atoms with Gasteiger partial charge in [0.15, 0.2) is 0 Å². The van der Waals surface area contributed by atoms with Gasteiger partial charge in [0.05, 0.1) is 31.2 Å². The standard InChI is InChI=1S/C34H45N3O4/c1-33(2,38)24-35-15-17-36(18-16-35)31-20-32-27(21-34(3,4)41-32)19-30(31)37(22-25-7-11-28(39-5)12-8-25)23-26-9-13-29(40-6)14-10-26/h7-14,19-20,38H,15-18,21-24H2,1-6H3. The van der Waals surface area contributed by atoms with E-state index in [2.05, 4.69) is 64.9 Å². The molecule has 41 heavy (non-hydrogen) atoms. The summed E-state index contributed by atoms with van der Waals surface area (Å²) in [4.78, 5) is 7.32.